The summed E-state index contributed by atoms with van der Waals surface area (Å²) in [5.41, 5.74) is 1.59. The number of benzene rings is 1. The molecule has 0 aliphatic heterocycles. The summed E-state index contributed by atoms with van der Waals surface area (Å²) in [5, 5.41) is 7.26. The Balaban J connectivity index is 1.57. The minimum absolute atomic E-state index is 0.0170. The van der Waals surface area contributed by atoms with Crippen LogP contribution in [0.1, 0.15) is 25.7 Å². The summed E-state index contributed by atoms with van der Waals surface area (Å²) < 4.78 is 7.82. The topological polar surface area (TPSA) is 73.8 Å². The third-order valence-electron chi connectivity index (χ3n) is 4.16. The van der Waals surface area contributed by atoms with E-state index in [1.165, 1.54) is 23.1 Å². The van der Waals surface area contributed by atoms with E-state index in [1.54, 1.807) is 16.7 Å². The van der Waals surface area contributed by atoms with Gasteiger partial charge in [0.05, 0.1) is 11.3 Å². The highest BCUT2D eigenvalue weighted by Gasteiger charge is 2.15. The molecule has 0 unspecified atom stereocenters. The van der Waals surface area contributed by atoms with E-state index < -0.39 is 0 Å². The van der Waals surface area contributed by atoms with Crippen molar-refractivity contribution in [1.82, 2.24) is 19.7 Å². The highest BCUT2D eigenvalue weighted by molar-refractivity contribution is 7.98. The maximum Gasteiger partial charge on any atom is 0.272 e. The summed E-state index contributed by atoms with van der Waals surface area (Å²) in [6, 6.07) is 9.14. The third kappa shape index (κ3) is 3.99. The summed E-state index contributed by atoms with van der Waals surface area (Å²) in [4.78, 5) is 21.9. The molecule has 0 bridgehead atoms. The Labute approximate surface area is 174 Å². The number of fused-ring (bicyclic) bond motifs is 1. The number of thioether (sulfide) groups is 1. The van der Waals surface area contributed by atoms with Crippen LogP contribution in [0, 0.1) is 0 Å². The van der Waals surface area contributed by atoms with Crippen LogP contribution < -0.4 is 5.56 Å². The maximum atomic E-state index is 12.8. The van der Waals surface area contributed by atoms with Crippen LogP contribution in [0.2, 0.25) is 5.02 Å². The number of unbranched alkanes of at least 4 members (excludes halogenated alkanes) is 1. The van der Waals surface area contributed by atoms with E-state index in [0.29, 0.717) is 38.9 Å². The van der Waals surface area contributed by atoms with Gasteiger partial charge in [-0.25, -0.2) is 4.98 Å². The average molecular weight is 433 g/mol. The summed E-state index contributed by atoms with van der Waals surface area (Å²) in [7, 11) is 0. The van der Waals surface area contributed by atoms with Gasteiger partial charge in [-0.05, 0) is 42.1 Å². The first-order chi connectivity index (χ1) is 13.7. The molecule has 0 N–H and O–H groups in total. The molecule has 0 saturated heterocycles. The van der Waals surface area contributed by atoms with Crippen molar-refractivity contribution in [3.8, 4) is 11.4 Å². The molecule has 3 heterocycles. The van der Waals surface area contributed by atoms with Crippen molar-refractivity contribution in [2.24, 2.45) is 0 Å². The van der Waals surface area contributed by atoms with Gasteiger partial charge >= 0.3 is 0 Å². The van der Waals surface area contributed by atoms with Gasteiger partial charge < -0.3 is 4.52 Å². The Morgan fingerprint density at radius 3 is 2.82 bits per heavy atom. The Morgan fingerprint density at radius 2 is 2.04 bits per heavy atom. The zero-order chi connectivity index (χ0) is 19.5. The summed E-state index contributed by atoms with van der Waals surface area (Å²) in [6.07, 6.45) is 1.93. The lowest BCUT2D eigenvalue weighted by molar-refractivity contribution is 0.391. The quantitative estimate of drug-likeness (QED) is 0.293. The van der Waals surface area contributed by atoms with Crippen molar-refractivity contribution in [2.45, 2.75) is 37.2 Å². The summed E-state index contributed by atoms with van der Waals surface area (Å²) >= 11 is 8.78. The lowest BCUT2D eigenvalue weighted by Crippen LogP contribution is -2.22. The van der Waals surface area contributed by atoms with Gasteiger partial charge in [0.1, 0.15) is 4.70 Å². The Hall–Kier alpha value is -2.16. The number of halogens is 1. The third-order valence-corrected chi connectivity index (χ3v) is 6.27. The molecule has 0 fully saturated rings. The Bertz CT molecular complexity index is 1150. The van der Waals surface area contributed by atoms with Gasteiger partial charge in [-0.15, -0.1) is 11.3 Å². The summed E-state index contributed by atoms with van der Waals surface area (Å²) in [6.45, 7) is 2.75. The van der Waals surface area contributed by atoms with Crippen LogP contribution in [0.4, 0.5) is 0 Å². The second-order valence-electron chi connectivity index (χ2n) is 6.15. The molecular formula is C19H17ClN4O2S2. The van der Waals surface area contributed by atoms with Gasteiger partial charge in [-0.1, -0.05) is 41.9 Å². The SMILES string of the molecule is CCCCn1c(SCc2nc(-c3ccc(Cl)cc3)no2)nc2ccsc2c1=O. The van der Waals surface area contributed by atoms with Crippen LogP contribution in [-0.2, 0) is 12.3 Å². The number of hydrogen-bond acceptors (Lipinski definition) is 7. The van der Waals surface area contributed by atoms with Crippen molar-refractivity contribution < 1.29 is 4.52 Å². The van der Waals surface area contributed by atoms with Crippen LogP contribution >= 0.6 is 34.7 Å². The van der Waals surface area contributed by atoms with Gasteiger partial charge in [0.25, 0.3) is 5.56 Å². The first-order valence-electron chi connectivity index (χ1n) is 8.85. The monoisotopic (exact) mass is 432 g/mol. The standard InChI is InChI=1S/C19H17ClN4O2S2/c1-2-3-9-24-18(25)16-14(8-10-27-16)21-19(24)28-11-15-22-17(23-26-15)12-4-6-13(20)7-5-12/h4-8,10H,2-3,9,11H2,1H3. The highest BCUT2D eigenvalue weighted by Crippen LogP contribution is 2.25. The smallest absolute Gasteiger partial charge is 0.272 e. The normalized spacial score (nSPS) is 11.4. The fourth-order valence-electron chi connectivity index (χ4n) is 2.70. The molecule has 9 heteroatoms. The van der Waals surface area contributed by atoms with Crippen LogP contribution in [0.15, 0.2) is 50.2 Å². The van der Waals surface area contributed by atoms with Crippen LogP contribution in [0.25, 0.3) is 21.6 Å². The molecular weight excluding hydrogens is 416 g/mol. The number of nitrogens with zero attached hydrogens (tertiary/aromatic N) is 4. The Morgan fingerprint density at radius 1 is 1.21 bits per heavy atom. The van der Waals surface area contributed by atoms with Crippen molar-refractivity contribution >= 4 is 44.9 Å². The zero-order valence-corrected chi connectivity index (χ0v) is 17.5. The summed E-state index contributed by atoms with van der Waals surface area (Å²) in [5.74, 6) is 1.43. The molecule has 4 aromatic rings. The molecule has 0 atom stereocenters. The minimum atomic E-state index is 0.0170. The number of rotatable bonds is 7. The molecule has 6 nitrogen and oxygen atoms in total. The lowest BCUT2D eigenvalue weighted by Gasteiger charge is -2.10. The van der Waals surface area contributed by atoms with Crippen LogP contribution in [0.5, 0.6) is 0 Å². The van der Waals surface area contributed by atoms with Gasteiger partial charge in [-0.3, -0.25) is 9.36 Å². The predicted molar refractivity (Wildman–Crippen MR) is 113 cm³/mol. The molecule has 4 rings (SSSR count). The zero-order valence-electron chi connectivity index (χ0n) is 15.1. The largest absolute Gasteiger partial charge is 0.338 e. The van der Waals surface area contributed by atoms with E-state index >= 15 is 0 Å². The fraction of sp³-hybridized carbons (Fsp3) is 0.263. The van der Waals surface area contributed by atoms with Gasteiger partial charge in [0, 0.05) is 17.1 Å². The molecule has 1 aromatic carbocycles. The van der Waals surface area contributed by atoms with E-state index in [9.17, 15) is 4.79 Å². The minimum Gasteiger partial charge on any atom is -0.338 e. The van der Waals surface area contributed by atoms with Crippen molar-refractivity contribution in [1.29, 1.82) is 0 Å². The molecule has 0 spiro atoms. The fourth-order valence-corrected chi connectivity index (χ4v) is 4.47. The van der Waals surface area contributed by atoms with Crippen LogP contribution in [0.3, 0.4) is 0 Å². The van der Waals surface area contributed by atoms with E-state index in [1.807, 2.05) is 23.6 Å². The molecule has 3 aromatic heterocycles. The molecule has 144 valence electrons. The van der Waals surface area contributed by atoms with E-state index in [-0.39, 0.29) is 5.56 Å². The van der Waals surface area contributed by atoms with Crippen molar-refractivity contribution in [3.63, 3.8) is 0 Å². The second-order valence-corrected chi connectivity index (χ2v) is 8.44. The first-order valence-corrected chi connectivity index (χ1v) is 11.1. The number of aromatic nitrogens is 4. The van der Waals surface area contributed by atoms with Crippen molar-refractivity contribution in [3.05, 3.63) is 57.0 Å². The Kier molecular flexibility index (Phi) is 5.79. The number of thiophene rings is 1. The molecule has 28 heavy (non-hydrogen) atoms. The first kappa shape index (κ1) is 19.2. The molecule has 0 radical (unpaired) electrons. The lowest BCUT2D eigenvalue weighted by atomic mass is 10.2. The average Bonchev–Trinajstić information content (AvgIpc) is 3.36. The molecule has 0 aliphatic rings. The van der Waals surface area contributed by atoms with Crippen molar-refractivity contribution in [2.75, 3.05) is 0 Å². The van der Waals surface area contributed by atoms with Gasteiger partial charge in [0.2, 0.25) is 11.7 Å². The predicted octanol–water partition coefficient (Wildman–Crippen LogP) is 5.25. The maximum absolute atomic E-state index is 12.8. The van der Waals surface area contributed by atoms with Crippen LogP contribution in [-0.4, -0.2) is 19.7 Å². The highest BCUT2D eigenvalue weighted by atomic mass is 35.5. The number of hydrogen-bond donors (Lipinski definition) is 0. The second kappa shape index (κ2) is 8.46. The van der Waals surface area contributed by atoms with E-state index in [4.69, 9.17) is 16.1 Å². The van der Waals surface area contributed by atoms with E-state index in [0.717, 1.165) is 23.9 Å². The molecule has 0 amide bonds. The van der Waals surface area contributed by atoms with E-state index in [2.05, 4.69) is 22.0 Å². The molecule has 0 saturated carbocycles. The molecule has 0 aliphatic carbocycles. The van der Waals surface area contributed by atoms with Gasteiger partial charge in [-0.2, -0.15) is 4.98 Å². The van der Waals surface area contributed by atoms with Gasteiger partial charge in [0.15, 0.2) is 5.16 Å².